The molecule has 0 radical (unpaired) electrons. The van der Waals surface area contributed by atoms with Gasteiger partial charge >= 0.3 is 0 Å². The first-order chi connectivity index (χ1) is 10.5. The minimum absolute atomic E-state index is 0.0329. The quantitative estimate of drug-likeness (QED) is 0.885. The molecule has 0 saturated heterocycles. The van der Waals surface area contributed by atoms with E-state index in [1.54, 1.807) is 0 Å². The molecule has 2 aromatic rings. The Morgan fingerprint density at radius 3 is 2.55 bits per heavy atom. The molecule has 0 fully saturated rings. The molecule has 118 valence electrons. The maximum atomic E-state index is 12.0. The van der Waals surface area contributed by atoms with Gasteiger partial charge in [-0.2, -0.15) is 5.10 Å². The van der Waals surface area contributed by atoms with E-state index in [4.69, 9.17) is 0 Å². The molecule has 5 heteroatoms. The van der Waals surface area contributed by atoms with Crippen molar-refractivity contribution in [3.05, 3.63) is 52.8 Å². The Kier molecular flexibility index (Phi) is 5.33. The number of aryl methyl sites for hydroxylation is 2. The maximum Gasteiger partial charge on any atom is 0.234 e. The zero-order valence-corrected chi connectivity index (χ0v) is 13.8. The van der Waals surface area contributed by atoms with Crippen LogP contribution < -0.4 is 5.32 Å². The monoisotopic (exact) mass is 300 g/mol. The Hall–Kier alpha value is -2.14. The standard InChI is InChI=1S/C17H24N4O/c1-13-16(14(2)21(4)19-13)11-20(3)12-17(22)18-10-15-8-6-5-7-9-15/h5-9H,10-12H2,1-4H3,(H,18,22). The van der Waals surface area contributed by atoms with E-state index < -0.39 is 0 Å². The number of amides is 1. The molecule has 1 aromatic carbocycles. The fourth-order valence-electron chi connectivity index (χ4n) is 2.47. The molecule has 0 aliphatic heterocycles. The van der Waals surface area contributed by atoms with Gasteiger partial charge in [-0.05, 0) is 26.5 Å². The van der Waals surface area contributed by atoms with Gasteiger partial charge < -0.3 is 5.32 Å². The molecule has 0 atom stereocenters. The van der Waals surface area contributed by atoms with Gasteiger partial charge in [0.15, 0.2) is 0 Å². The number of nitrogens with zero attached hydrogens (tertiary/aromatic N) is 3. The Labute approximate surface area is 131 Å². The first-order valence-electron chi connectivity index (χ1n) is 7.45. The average Bonchev–Trinajstić information content (AvgIpc) is 2.73. The van der Waals surface area contributed by atoms with E-state index in [2.05, 4.69) is 17.3 Å². The highest BCUT2D eigenvalue weighted by molar-refractivity contribution is 5.77. The minimum atomic E-state index is 0.0329. The first-order valence-corrected chi connectivity index (χ1v) is 7.45. The number of carbonyl (C=O) groups is 1. The molecule has 5 nitrogen and oxygen atoms in total. The Bertz CT molecular complexity index is 634. The van der Waals surface area contributed by atoms with Gasteiger partial charge in [-0.3, -0.25) is 14.4 Å². The van der Waals surface area contributed by atoms with Gasteiger partial charge in [0.2, 0.25) is 5.91 Å². The van der Waals surface area contributed by atoms with Crippen LogP contribution in [-0.4, -0.2) is 34.2 Å². The molecule has 1 N–H and O–H groups in total. The van der Waals surface area contributed by atoms with Crippen LogP contribution in [-0.2, 0) is 24.9 Å². The highest BCUT2D eigenvalue weighted by atomic mass is 16.2. The van der Waals surface area contributed by atoms with Crippen LogP contribution in [0.4, 0.5) is 0 Å². The van der Waals surface area contributed by atoms with Crippen LogP contribution in [0.2, 0.25) is 0 Å². The zero-order valence-electron chi connectivity index (χ0n) is 13.8. The van der Waals surface area contributed by atoms with Crippen molar-refractivity contribution < 1.29 is 4.79 Å². The molecule has 0 aliphatic carbocycles. The van der Waals surface area contributed by atoms with Gasteiger partial charge in [-0.15, -0.1) is 0 Å². The summed E-state index contributed by atoms with van der Waals surface area (Å²) in [5.41, 5.74) is 4.48. The average molecular weight is 300 g/mol. The number of nitrogens with one attached hydrogen (secondary N) is 1. The SMILES string of the molecule is Cc1nn(C)c(C)c1CN(C)CC(=O)NCc1ccccc1. The second-order valence-electron chi connectivity index (χ2n) is 5.71. The van der Waals surface area contributed by atoms with Crippen LogP contribution in [0.25, 0.3) is 0 Å². The lowest BCUT2D eigenvalue weighted by Gasteiger charge is -2.16. The van der Waals surface area contributed by atoms with Crippen molar-refractivity contribution in [2.75, 3.05) is 13.6 Å². The lowest BCUT2D eigenvalue weighted by Crippen LogP contribution is -2.34. The van der Waals surface area contributed by atoms with E-state index in [1.807, 2.05) is 60.9 Å². The molecule has 2 rings (SSSR count). The fourth-order valence-corrected chi connectivity index (χ4v) is 2.47. The number of benzene rings is 1. The lowest BCUT2D eigenvalue weighted by atomic mass is 10.2. The fraction of sp³-hybridized carbons (Fsp3) is 0.412. The molecule has 0 aliphatic rings. The molecule has 0 bridgehead atoms. The Morgan fingerprint density at radius 1 is 1.27 bits per heavy atom. The number of rotatable bonds is 6. The molecule has 0 unspecified atom stereocenters. The van der Waals surface area contributed by atoms with Crippen molar-refractivity contribution in [2.45, 2.75) is 26.9 Å². The second kappa shape index (κ2) is 7.22. The normalized spacial score (nSPS) is 11.0. The van der Waals surface area contributed by atoms with Crippen LogP contribution in [0.1, 0.15) is 22.5 Å². The van der Waals surface area contributed by atoms with E-state index in [1.165, 1.54) is 5.56 Å². The third kappa shape index (κ3) is 4.18. The zero-order chi connectivity index (χ0) is 16.1. The van der Waals surface area contributed by atoms with Gasteiger partial charge in [0, 0.05) is 31.4 Å². The van der Waals surface area contributed by atoms with Crippen LogP contribution in [0.5, 0.6) is 0 Å². The molecule has 0 spiro atoms. The van der Waals surface area contributed by atoms with Crippen LogP contribution in [0, 0.1) is 13.8 Å². The lowest BCUT2D eigenvalue weighted by molar-refractivity contribution is -0.122. The van der Waals surface area contributed by atoms with Crippen molar-refractivity contribution >= 4 is 5.91 Å². The summed E-state index contributed by atoms with van der Waals surface area (Å²) < 4.78 is 1.88. The summed E-state index contributed by atoms with van der Waals surface area (Å²) in [6.45, 7) is 5.73. The smallest absolute Gasteiger partial charge is 0.234 e. The van der Waals surface area contributed by atoms with Gasteiger partial charge in [0.1, 0.15) is 0 Å². The number of aromatic nitrogens is 2. The number of hydrogen-bond donors (Lipinski definition) is 1. The van der Waals surface area contributed by atoms with E-state index in [9.17, 15) is 4.79 Å². The third-order valence-electron chi connectivity index (χ3n) is 3.83. The van der Waals surface area contributed by atoms with Crippen molar-refractivity contribution in [2.24, 2.45) is 7.05 Å². The van der Waals surface area contributed by atoms with Gasteiger partial charge in [-0.1, -0.05) is 30.3 Å². The summed E-state index contributed by atoms with van der Waals surface area (Å²) >= 11 is 0. The van der Waals surface area contributed by atoms with Crippen molar-refractivity contribution in [1.29, 1.82) is 0 Å². The van der Waals surface area contributed by atoms with Gasteiger partial charge in [-0.25, -0.2) is 0 Å². The molecule has 1 amide bonds. The predicted molar refractivity (Wildman–Crippen MR) is 87.3 cm³/mol. The molecular weight excluding hydrogens is 276 g/mol. The van der Waals surface area contributed by atoms with E-state index in [0.29, 0.717) is 13.1 Å². The summed E-state index contributed by atoms with van der Waals surface area (Å²) in [5, 5.41) is 7.36. The minimum Gasteiger partial charge on any atom is -0.351 e. The summed E-state index contributed by atoms with van der Waals surface area (Å²) in [6.07, 6.45) is 0. The third-order valence-corrected chi connectivity index (χ3v) is 3.83. The molecule has 0 saturated carbocycles. The van der Waals surface area contributed by atoms with Crippen molar-refractivity contribution in [3.63, 3.8) is 0 Å². The molecule has 1 heterocycles. The van der Waals surface area contributed by atoms with Crippen molar-refractivity contribution in [3.8, 4) is 0 Å². The van der Waals surface area contributed by atoms with Gasteiger partial charge in [0.25, 0.3) is 0 Å². The van der Waals surface area contributed by atoms with Gasteiger partial charge in [0.05, 0.1) is 12.2 Å². The topological polar surface area (TPSA) is 50.2 Å². The second-order valence-corrected chi connectivity index (χ2v) is 5.71. The van der Waals surface area contributed by atoms with Crippen LogP contribution >= 0.6 is 0 Å². The predicted octanol–water partition coefficient (Wildman–Crippen LogP) is 1.79. The summed E-state index contributed by atoms with van der Waals surface area (Å²) in [4.78, 5) is 14.0. The molecule has 1 aromatic heterocycles. The van der Waals surface area contributed by atoms with Crippen LogP contribution in [0.3, 0.4) is 0 Å². The summed E-state index contributed by atoms with van der Waals surface area (Å²) in [5.74, 6) is 0.0329. The largest absolute Gasteiger partial charge is 0.351 e. The summed E-state index contributed by atoms with van der Waals surface area (Å²) in [7, 11) is 3.90. The molecular formula is C17H24N4O. The van der Waals surface area contributed by atoms with E-state index in [0.717, 1.165) is 23.5 Å². The first kappa shape index (κ1) is 16.2. The number of carbonyl (C=O) groups excluding carboxylic acids is 1. The van der Waals surface area contributed by atoms with Crippen molar-refractivity contribution in [1.82, 2.24) is 20.0 Å². The van der Waals surface area contributed by atoms with E-state index >= 15 is 0 Å². The molecule has 22 heavy (non-hydrogen) atoms. The maximum absolute atomic E-state index is 12.0. The highest BCUT2D eigenvalue weighted by Crippen LogP contribution is 2.13. The van der Waals surface area contributed by atoms with E-state index in [-0.39, 0.29) is 5.91 Å². The Balaban J connectivity index is 1.84. The van der Waals surface area contributed by atoms with Crippen LogP contribution in [0.15, 0.2) is 30.3 Å². The highest BCUT2D eigenvalue weighted by Gasteiger charge is 2.13. The Morgan fingerprint density at radius 2 is 1.95 bits per heavy atom. The number of likely N-dealkylation sites (N-methyl/N-ethyl adjacent to an activating group) is 1. The summed E-state index contributed by atoms with van der Waals surface area (Å²) in [6, 6.07) is 9.93. The number of hydrogen-bond acceptors (Lipinski definition) is 3.